The maximum atomic E-state index is 11.2. The molecule has 90 valence electrons. The molecule has 1 aromatic heterocycles. The lowest BCUT2D eigenvalue weighted by molar-refractivity contribution is -0.144. The van der Waals surface area contributed by atoms with E-state index >= 15 is 0 Å². The van der Waals surface area contributed by atoms with Gasteiger partial charge in [-0.1, -0.05) is 11.6 Å². The first-order chi connectivity index (χ1) is 7.61. The number of hydrogen-bond donors (Lipinski definition) is 0. The van der Waals surface area contributed by atoms with E-state index in [1.54, 1.807) is 11.3 Å². The van der Waals surface area contributed by atoms with Crippen molar-refractivity contribution in [3.05, 3.63) is 21.3 Å². The number of likely N-dealkylation sites (N-methyl/N-ethyl adjacent to an activating group) is 1. The van der Waals surface area contributed by atoms with Crippen molar-refractivity contribution in [2.75, 3.05) is 26.7 Å². The summed E-state index contributed by atoms with van der Waals surface area (Å²) in [5, 5.41) is 0. The highest BCUT2D eigenvalue weighted by atomic mass is 35.5. The summed E-state index contributed by atoms with van der Waals surface area (Å²) in [6.45, 7) is 3.42. The van der Waals surface area contributed by atoms with Crippen LogP contribution in [0.2, 0.25) is 4.34 Å². The van der Waals surface area contributed by atoms with Gasteiger partial charge in [0.1, 0.15) is 0 Å². The molecule has 3 nitrogen and oxygen atoms in total. The highest BCUT2D eigenvalue weighted by molar-refractivity contribution is 7.16. The van der Waals surface area contributed by atoms with E-state index in [-0.39, 0.29) is 5.97 Å². The van der Waals surface area contributed by atoms with Crippen molar-refractivity contribution in [1.82, 2.24) is 4.90 Å². The van der Waals surface area contributed by atoms with Crippen molar-refractivity contribution in [3.8, 4) is 0 Å². The van der Waals surface area contributed by atoms with Crippen LogP contribution < -0.4 is 0 Å². The van der Waals surface area contributed by atoms with Crippen LogP contribution >= 0.6 is 22.9 Å². The number of halogens is 1. The zero-order valence-corrected chi connectivity index (χ0v) is 11.1. The Bertz CT molecular complexity index is 340. The van der Waals surface area contributed by atoms with Crippen LogP contribution in [0.25, 0.3) is 0 Å². The smallest absolute Gasteiger partial charge is 0.320 e. The molecule has 1 rings (SSSR count). The summed E-state index contributed by atoms with van der Waals surface area (Å²) in [6.07, 6.45) is 0.910. The van der Waals surface area contributed by atoms with Crippen LogP contribution in [-0.2, 0) is 16.0 Å². The molecule has 0 radical (unpaired) electrons. The van der Waals surface area contributed by atoms with Gasteiger partial charge in [-0.3, -0.25) is 9.69 Å². The van der Waals surface area contributed by atoms with E-state index in [2.05, 4.69) is 0 Å². The number of rotatable bonds is 6. The van der Waals surface area contributed by atoms with Gasteiger partial charge in [-0.25, -0.2) is 0 Å². The van der Waals surface area contributed by atoms with Gasteiger partial charge < -0.3 is 4.74 Å². The zero-order valence-electron chi connectivity index (χ0n) is 9.53. The number of ether oxygens (including phenoxy) is 1. The van der Waals surface area contributed by atoms with Crippen LogP contribution in [0.5, 0.6) is 0 Å². The monoisotopic (exact) mass is 261 g/mol. The molecule has 1 aromatic rings. The summed E-state index contributed by atoms with van der Waals surface area (Å²) in [5.41, 5.74) is 0. The predicted octanol–water partition coefficient (Wildman–Crippen LogP) is 2.44. The van der Waals surface area contributed by atoms with Gasteiger partial charge in [0.05, 0.1) is 17.5 Å². The highest BCUT2D eigenvalue weighted by Gasteiger charge is 2.07. The number of nitrogens with zero attached hydrogens (tertiary/aromatic N) is 1. The number of carbonyl (C=O) groups excluding carboxylic acids is 1. The molecule has 16 heavy (non-hydrogen) atoms. The lowest BCUT2D eigenvalue weighted by atomic mass is 10.3. The molecular weight excluding hydrogens is 246 g/mol. The van der Waals surface area contributed by atoms with Gasteiger partial charge in [0.15, 0.2) is 0 Å². The Labute approximate surface area is 105 Å². The van der Waals surface area contributed by atoms with Crippen LogP contribution in [0.15, 0.2) is 12.1 Å². The maximum Gasteiger partial charge on any atom is 0.320 e. The van der Waals surface area contributed by atoms with Crippen LogP contribution in [-0.4, -0.2) is 37.6 Å². The van der Waals surface area contributed by atoms with Crippen LogP contribution in [0.1, 0.15) is 11.8 Å². The van der Waals surface area contributed by atoms with E-state index < -0.39 is 0 Å². The zero-order chi connectivity index (χ0) is 12.0. The van der Waals surface area contributed by atoms with E-state index in [4.69, 9.17) is 16.3 Å². The molecule has 0 aromatic carbocycles. The average Bonchev–Trinajstić information content (AvgIpc) is 2.61. The fourth-order valence-corrected chi connectivity index (χ4v) is 2.37. The van der Waals surface area contributed by atoms with Gasteiger partial charge in [-0.15, -0.1) is 11.3 Å². The largest absolute Gasteiger partial charge is 0.465 e. The molecule has 0 aliphatic carbocycles. The minimum atomic E-state index is -0.172. The van der Waals surface area contributed by atoms with Crippen LogP contribution in [0.3, 0.4) is 0 Å². The molecule has 0 saturated heterocycles. The summed E-state index contributed by atoms with van der Waals surface area (Å²) in [4.78, 5) is 14.4. The summed E-state index contributed by atoms with van der Waals surface area (Å²) >= 11 is 7.41. The third kappa shape index (κ3) is 4.96. The lowest BCUT2D eigenvalue weighted by Gasteiger charge is -2.14. The standard InChI is InChI=1S/C11H16ClNO2S/c1-3-15-11(14)8-13(2)7-6-9-4-5-10(12)16-9/h4-5H,3,6-8H2,1-2H3. The SMILES string of the molecule is CCOC(=O)CN(C)CCc1ccc(Cl)s1. The van der Waals surface area contributed by atoms with Gasteiger partial charge in [0.2, 0.25) is 0 Å². The van der Waals surface area contributed by atoms with Gasteiger partial charge in [-0.05, 0) is 32.5 Å². The van der Waals surface area contributed by atoms with Gasteiger partial charge in [0, 0.05) is 11.4 Å². The molecule has 0 unspecified atom stereocenters. The van der Waals surface area contributed by atoms with Crippen molar-refractivity contribution in [2.24, 2.45) is 0 Å². The summed E-state index contributed by atoms with van der Waals surface area (Å²) in [6, 6.07) is 3.91. The molecule has 0 fully saturated rings. The van der Waals surface area contributed by atoms with Gasteiger partial charge >= 0.3 is 5.97 Å². The molecule has 0 amide bonds. The second kappa shape index (κ2) is 6.89. The molecule has 5 heteroatoms. The van der Waals surface area contributed by atoms with E-state index in [1.165, 1.54) is 4.88 Å². The predicted molar refractivity (Wildman–Crippen MR) is 67.2 cm³/mol. The van der Waals surface area contributed by atoms with Crippen LogP contribution in [0.4, 0.5) is 0 Å². The van der Waals surface area contributed by atoms with Crippen molar-refractivity contribution < 1.29 is 9.53 Å². The Balaban J connectivity index is 2.24. The van der Waals surface area contributed by atoms with Gasteiger partial charge in [0.25, 0.3) is 0 Å². The molecule has 0 bridgehead atoms. The second-order valence-electron chi connectivity index (χ2n) is 3.50. The quantitative estimate of drug-likeness (QED) is 0.737. The minimum absolute atomic E-state index is 0.172. The third-order valence-electron chi connectivity index (χ3n) is 2.07. The lowest BCUT2D eigenvalue weighted by Crippen LogP contribution is -2.29. The van der Waals surface area contributed by atoms with Gasteiger partial charge in [-0.2, -0.15) is 0 Å². The number of hydrogen-bond acceptors (Lipinski definition) is 4. The first-order valence-corrected chi connectivity index (χ1v) is 6.39. The van der Waals surface area contributed by atoms with Crippen LogP contribution in [0, 0.1) is 0 Å². The average molecular weight is 262 g/mol. The normalized spacial score (nSPS) is 10.8. The molecule has 0 aliphatic heterocycles. The number of carbonyl (C=O) groups is 1. The topological polar surface area (TPSA) is 29.5 Å². The first kappa shape index (κ1) is 13.5. The minimum Gasteiger partial charge on any atom is -0.465 e. The van der Waals surface area contributed by atoms with E-state index in [9.17, 15) is 4.79 Å². The van der Waals surface area contributed by atoms with E-state index in [1.807, 2.05) is 31.0 Å². The van der Waals surface area contributed by atoms with Crippen molar-refractivity contribution in [2.45, 2.75) is 13.3 Å². The van der Waals surface area contributed by atoms with E-state index in [0.717, 1.165) is 17.3 Å². The second-order valence-corrected chi connectivity index (χ2v) is 5.30. The van der Waals surface area contributed by atoms with Crippen molar-refractivity contribution in [1.29, 1.82) is 0 Å². The molecular formula is C11H16ClNO2S. The Morgan fingerprint density at radius 3 is 2.88 bits per heavy atom. The summed E-state index contributed by atoms with van der Waals surface area (Å²) in [5.74, 6) is -0.172. The number of esters is 1. The third-order valence-corrected chi connectivity index (χ3v) is 3.36. The Morgan fingerprint density at radius 2 is 2.31 bits per heavy atom. The molecule has 0 saturated carbocycles. The summed E-state index contributed by atoms with van der Waals surface area (Å²) in [7, 11) is 1.91. The Kier molecular flexibility index (Phi) is 5.80. The van der Waals surface area contributed by atoms with E-state index in [0.29, 0.717) is 13.2 Å². The van der Waals surface area contributed by atoms with Crippen molar-refractivity contribution >= 4 is 28.9 Å². The molecule has 1 heterocycles. The molecule has 0 N–H and O–H groups in total. The Morgan fingerprint density at radius 1 is 1.56 bits per heavy atom. The maximum absolute atomic E-state index is 11.2. The number of thiophene rings is 1. The molecule has 0 spiro atoms. The highest BCUT2D eigenvalue weighted by Crippen LogP contribution is 2.21. The molecule has 0 aliphatic rings. The first-order valence-electron chi connectivity index (χ1n) is 5.20. The fourth-order valence-electron chi connectivity index (χ4n) is 1.29. The fraction of sp³-hybridized carbons (Fsp3) is 0.545. The Hall–Kier alpha value is -0.580. The van der Waals surface area contributed by atoms with Crippen molar-refractivity contribution in [3.63, 3.8) is 0 Å². The summed E-state index contributed by atoms with van der Waals surface area (Å²) < 4.78 is 5.68. The molecule has 0 atom stereocenters.